The van der Waals surface area contributed by atoms with Gasteiger partial charge in [-0.15, -0.1) is 6.58 Å². The van der Waals surface area contributed by atoms with Crippen LogP contribution in [0.3, 0.4) is 0 Å². The van der Waals surface area contributed by atoms with Gasteiger partial charge in [0, 0.05) is 12.1 Å². The molecular formula is C14H28N2. The number of rotatable bonds is 5. The van der Waals surface area contributed by atoms with Gasteiger partial charge >= 0.3 is 0 Å². The third-order valence-electron chi connectivity index (χ3n) is 3.70. The first-order valence-electron chi connectivity index (χ1n) is 6.49. The molecule has 0 saturated heterocycles. The van der Waals surface area contributed by atoms with Crippen molar-refractivity contribution in [2.75, 3.05) is 13.1 Å². The lowest BCUT2D eigenvalue weighted by Gasteiger charge is -2.48. The lowest BCUT2D eigenvalue weighted by Crippen LogP contribution is -2.57. The van der Waals surface area contributed by atoms with E-state index in [9.17, 15) is 0 Å². The first-order valence-corrected chi connectivity index (χ1v) is 6.49. The molecule has 0 bridgehead atoms. The van der Waals surface area contributed by atoms with Crippen molar-refractivity contribution in [3.8, 4) is 0 Å². The Kier molecular flexibility index (Phi) is 4.57. The molecule has 1 aliphatic carbocycles. The third kappa shape index (κ3) is 3.60. The summed E-state index contributed by atoms with van der Waals surface area (Å²) < 4.78 is 0. The maximum atomic E-state index is 6.02. The van der Waals surface area contributed by atoms with Crippen LogP contribution in [-0.2, 0) is 0 Å². The van der Waals surface area contributed by atoms with Gasteiger partial charge in [0.05, 0.1) is 0 Å². The highest BCUT2D eigenvalue weighted by molar-refractivity contribution is 4.99. The fourth-order valence-corrected chi connectivity index (χ4v) is 3.54. The molecule has 2 atom stereocenters. The maximum absolute atomic E-state index is 6.02. The molecule has 3 N–H and O–H groups in total. The van der Waals surface area contributed by atoms with Gasteiger partial charge in [-0.25, -0.2) is 0 Å². The number of hydrogen-bond donors (Lipinski definition) is 2. The van der Waals surface area contributed by atoms with Crippen molar-refractivity contribution in [1.82, 2.24) is 5.32 Å². The van der Waals surface area contributed by atoms with Crippen molar-refractivity contribution in [2.24, 2.45) is 17.1 Å². The fourth-order valence-electron chi connectivity index (χ4n) is 3.54. The van der Waals surface area contributed by atoms with E-state index >= 15 is 0 Å². The summed E-state index contributed by atoms with van der Waals surface area (Å²) in [6, 6.07) is 0. The molecule has 1 rings (SSSR count). The minimum Gasteiger partial charge on any atom is -0.329 e. The molecule has 0 amide bonds. The average molecular weight is 224 g/mol. The number of nitrogens with two attached hydrogens (primary N) is 1. The molecule has 0 heterocycles. The molecular weight excluding hydrogens is 196 g/mol. The lowest BCUT2D eigenvalue weighted by molar-refractivity contribution is 0.0869. The predicted octanol–water partition coefficient (Wildman–Crippen LogP) is 2.70. The van der Waals surface area contributed by atoms with E-state index < -0.39 is 0 Å². The van der Waals surface area contributed by atoms with E-state index in [1.54, 1.807) is 0 Å². The molecule has 94 valence electrons. The Balaban J connectivity index is 2.65. The van der Waals surface area contributed by atoms with Gasteiger partial charge in [-0.1, -0.05) is 26.8 Å². The van der Waals surface area contributed by atoms with Gasteiger partial charge in [0.1, 0.15) is 0 Å². The van der Waals surface area contributed by atoms with Crippen LogP contribution in [0.4, 0.5) is 0 Å². The summed E-state index contributed by atoms with van der Waals surface area (Å²) in [4.78, 5) is 0. The van der Waals surface area contributed by atoms with Crippen LogP contribution in [0.2, 0.25) is 0 Å². The second-order valence-corrected chi connectivity index (χ2v) is 6.34. The van der Waals surface area contributed by atoms with Crippen LogP contribution in [0.5, 0.6) is 0 Å². The highest BCUT2D eigenvalue weighted by Crippen LogP contribution is 2.43. The highest BCUT2D eigenvalue weighted by atomic mass is 15.0. The minimum atomic E-state index is 0.157. The van der Waals surface area contributed by atoms with Gasteiger partial charge in [-0.05, 0) is 43.6 Å². The molecule has 1 fully saturated rings. The van der Waals surface area contributed by atoms with Crippen molar-refractivity contribution < 1.29 is 0 Å². The topological polar surface area (TPSA) is 38.0 Å². The maximum Gasteiger partial charge on any atom is 0.0311 e. The second-order valence-electron chi connectivity index (χ2n) is 6.34. The minimum absolute atomic E-state index is 0.157. The third-order valence-corrected chi connectivity index (χ3v) is 3.70. The Bertz CT molecular complexity index is 235. The molecule has 1 saturated carbocycles. The first kappa shape index (κ1) is 13.7. The van der Waals surface area contributed by atoms with E-state index in [1.165, 1.54) is 19.3 Å². The van der Waals surface area contributed by atoms with Gasteiger partial charge in [0.2, 0.25) is 0 Å². The Morgan fingerprint density at radius 1 is 1.44 bits per heavy atom. The first-order chi connectivity index (χ1) is 7.43. The summed E-state index contributed by atoms with van der Waals surface area (Å²) in [6.07, 6.45) is 6.71. The monoisotopic (exact) mass is 224 g/mol. The van der Waals surface area contributed by atoms with E-state index in [-0.39, 0.29) is 5.54 Å². The van der Waals surface area contributed by atoms with Crippen LogP contribution in [0.1, 0.15) is 46.5 Å². The van der Waals surface area contributed by atoms with Crippen LogP contribution < -0.4 is 11.1 Å². The van der Waals surface area contributed by atoms with E-state index in [0.29, 0.717) is 5.41 Å². The molecule has 1 aliphatic rings. The van der Waals surface area contributed by atoms with Gasteiger partial charge in [0.15, 0.2) is 0 Å². The van der Waals surface area contributed by atoms with E-state index in [1.807, 2.05) is 6.08 Å². The van der Waals surface area contributed by atoms with Crippen molar-refractivity contribution in [3.05, 3.63) is 12.7 Å². The van der Waals surface area contributed by atoms with Gasteiger partial charge < -0.3 is 11.1 Å². The average Bonchev–Trinajstić information content (AvgIpc) is 2.15. The molecule has 16 heavy (non-hydrogen) atoms. The molecule has 0 spiro atoms. The molecule has 0 radical (unpaired) electrons. The van der Waals surface area contributed by atoms with Crippen molar-refractivity contribution in [3.63, 3.8) is 0 Å². The van der Waals surface area contributed by atoms with E-state index in [0.717, 1.165) is 25.4 Å². The van der Waals surface area contributed by atoms with Crippen LogP contribution in [0, 0.1) is 11.3 Å². The van der Waals surface area contributed by atoms with Crippen LogP contribution in [0.25, 0.3) is 0 Å². The summed E-state index contributed by atoms with van der Waals surface area (Å²) in [7, 11) is 0. The zero-order valence-corrected chi connectivity index (χ0v) is 11.2. The molecule has 0 aromatic heterocycles. The Morgan fingerprint density at radius 3 is 2.62 bits per heavy atom. The Labute approximate surface area is 101 Å². The van der Waals surface area contributed by atoms with E-state index in [2.05, 4.69) is 32.7 Å². The number of nitrogens with one attached hydrogen (secondary N) is 1. The second kappa shape index (κ2) is 5.33. The molecule has 0 aromatic carbocycles. The van der Waals surface area contributed by atoms with Crippen LogP contribution >= 0.6 is 0 Å². The van der Waals surface area contributed by atoms with Crippen molar-refractivity contribution in [1.29, 1.82) is 0 Å². The van der Waals surface area contributed by atoms with Gasteiger partial charge in [-0.3, -0.25) is 0 Å². The summed E-state index contributed by atoms with van der Waals surface area (Å²) in [5.41, 5.74) is 6.59. The zero-order valence-electron chi connectivity index (χ0n) is 11.2. The summed E-state index contributed by atoms with van der Waals surface area (Å²) in [5, 5.41) is 3.68. The van der Waals surface area contributed by atoms with Crippen LogP contribution in [-0.4, -0.2) is 18.6 Å². The smallest absolute Gasteiger partial charge is 0.0311 e. The molecule has 2 nitrogen and oxygen atoms in total. The quantitative estimate of drug-likeness (QED) is 0.556. The van der Waals surface area contributed by atoms with Gasteiger partial charge in [-0.2, -0.15) is 0 Å². The summed E-state index contributed by atoms with van der Waals surface area (Å²) in [5.74, 6) is 0.767. The molecule has 2 unspecified atom stereocenters. The molecule has 2 heteroatoms. The highest BCUT2D eigenvalue weighted by Gasteiger charge is 2.41. The normalized spacial score (nSPS) is 33.6. The Hall–Kier alpha value is -0.340. The summed E-state index contributed by atoms with van der Waals surface area (Å²) >= 11 is 0. The largest absolute Gasteiger partial charge is 0.329 e. The standard InChI is InChI=1S/C14H28N2/c1-5-6-7-16-14(11-15)9-12(2)8-13(3,4)10-14/h5,12,16H,1,6-11,15H2,2-4H3. The lowest BCUT2D eigenvalue weighted by atomic mass is 9.64. The fraction of sp³-hybridized carbons (Fsp3) is 0.857. The molecule has 0 aromatic rings. The number of hydrogen-bond acceptors (Lipinski definition) is 2. The zero-order chi connectivity index (χ0) is 12.2. The Morgan fingerprint density at radius 2 is 2.12 bits per heavy atom. The van der Waals surface area contributed by atoms with Crippen molar-refractivity contribution in [2.45, 2.75) is 52.0 Å². The van der Waals surface area contributed by atoms with Crippen molar-refractivity contribution >= 4 is 0 Å². The summed E-state index contributed by atoms with van der Waals surface area (Å²) in [6.45, 7) is 12.6. The predicted molar refractivity (Wildman–Crippen MR) is 71.4 cm³/mol. The van der Waals surface area contributed by atoms with Gasteiger partial charge in [0.25, 0.3) is 0 Å². The SMILES string of the molecule is C=CCCNC1(CN)CC(C)CC(C)(C)C1. The van der Waals surface area contributed by atoms with E-state index in [4.69, 9.17) is 5.73 Å². The van der Waals surface area contributed by atoms with Crippen LogP contribution in [0.15, 0.2) is 12.7 Å². The molecule has 0 aliphatic heterocycles.